The Hall–Kier alpha value is -2.06. The summed E-state index contributed by atoms with van der Waals surface area (Å²) < 4.78 is 39.6. The summed E-state index contributed by atoms with van der Waals surface area (Å²) in [6.45, 7) is 5.17. The fourth-order valence-electron chi connectivity index (χ4n) is 2.23. The van der Waals surface area contributed by atoms with Crippen molar-refractivity contribution in [2.24, 2.45) is 5.92 Å². The van der Waals surface area contributed by atoms with Gasteiger partial charge in [0, 0.05) is 6.07 Å². The van der Waals surface area contributed by atoms with Gasteiger partial charge in [-0.15, -0.1) is 0 Å². The predicted molar refractivity (Wildman–Crippen MR) is 95.8 cm³/mol. The second-order valence-electron chi connectivity index (χ2n) is 6.19. The van der Waals surface area contributed by atoms with Gasteiger partial charge in [0.05, 0.1) is 23.4 Å². The Morgan fingerprint density at radius 2 is 1.92 bits per heavy atom. The third-order valence-corrected chi connectivity index (χ3v) is 4.12. The number of aromatic nitrogens is 2. The first-order chi connectivity index (χ1) is 12.1. The summed E-state index contributed by atoms with van der Waals surface area (Å²) in [5, 5.41) is 15.3. The molecule has 0 amide bonds. The first-order valence-electron chi connectivity index (χ1n) is 7.97. The number of aliphatic hydroxyl groups excluding tert-OH is 1. The van der Waals surface area contributed by atoms with Gasteiger partial charge in [-0.05, 0) is 24.5 Å². The zero-order chi connectivity index (χ0) is 19.5. The molecule has 1 heterocycles. The van der Waals surface area contributed by atoms with Crippen LogP contribution in [0.4, 0.5) is 30.6 Å². The summed E-state index contributed by atoms with van der Waals surface area (Å²) in [5.41, 5.74) is 0.131. The average Bonchev–Trinajstić information content (AvgIpc) is 2.55. The van der Waals surface area contributed by atoms with Crippen molar-refractivity contribution in [2.75, 3.05) is 17.2 Å². The van der Waals surface area contributed by atoms with Crippen molar-refractivity contribution >= 4 is 29.1 Å². The first-order valence-corrected chi connectivity index (χ1v) is 8.35. The number of halogens is 4. The molecule has 0 saturated heterocycles. The summed E-state index contributed by atoms with van der Waals surface area (Å²) in [6.07, 6.45) is -4.64. The van der Waals surface area contributed by atoms with Gasteiger partial charge in [-0.2, -0.15) is 18.2 Å². The van der Waals surface area contributed by atoms with E-state index in [4.69, 9.17) is 11.6 Å². The molecular weight excluding hydrogens is 369 g/mol. The number of para-hydroxylation sites is 1. The van der Waals surface area contributed by atoms with Crippen LogP contribution in [0.3, 0.4) is 0 Å². The van der Waals surface area contributed by atoms with Crippen LogP contribution in [0.15, 0.2) is 24.3 Å². The Morgan fingerprint density at radius 3 is 2.46 bits per heavy atom. The van der Waals surface area contributed by atoms with E-state index in [-0.39, 0.29) is 24.3 Å². The van der Waals surface area contributed by atoms with Crippen molar-refractivity contribution in [3.8, 4) is 0 Å². The quantitative estimate of drug-likeness (QED) is 0.673. The van der Waals surface area contributed by atoms with Gasteiger partial charge in [-0.3, -0.25) is 0 Å². The minimum atomic E-state index is -4.64. The molecule has 0 radical (unpaired) electrons. The van der Waals surface area contributed by atoms with Crippen molar-refractivity contribution < 1.29 is 18.3 Å². The number of hydrogen-bond donors (Lipinski definition) is 3. The van der Waals surface area contributed by atoms with Crippen LogP contribution in [-0.2, 0) is 6.18 Å². The number of hydrogen-bond acceptors (Lipinski definition) is 5. The van der Waals surface area contributed by atoms with Gasteiger partial charge < -0.3 is 15.7 Å². The summed E-state index contributed by atoms with van der Waals surface area (Å²) >= 11 is 6.12. The van der Waals surface area contributed by atoms with Gasteiger partial charge in [0.2, 0.25) is 5.95 Å². The van der Waals surface area contributed by atoms with E-state index in [0.29, 0.717) is 10.7 Å². The smallest absolute Gasteiger partial charge is 0.394 e. The topological polar surface area (TPSA) is 70.1 Å². The summed E-state index contributed by atoms with van der Waals surface area (Å²) in [5.74, 6) is -0.299. The number of nitrogens with one attached hydrogen (secondary N) is 2. The number of alkyl halides is 3. The van der Waals surface area contributed by atoms with Crippen LogP contribution in [0.5, 0.6) is 0 Å². The number of aryl methyl sites for hydroxylation is 1. The third-order valence-electron chi connectivity index (χ3n) is 3.81. The van der Waals surface area contributed by atoms with E-state index in [9.17, 15) is 18.3 Å². The van der Waals surface area contributed by atoms with Gasteiger partial charge in [-0.1, -0.05) is 37.6 Å². The lowest BCUT2D eigenvalue weighted by Gasteiger charge is -2.21. The highest BCUT2D eigenvalue weighted by Gasteiger charge is 2.34. The van der Waals surface area contributed by atoms with E-state index >= 15 is 0 Å². The van der Waals surface area contributed by atoms with Gasteiger partial charge in [-0.25, -0.2) is 4.98 Å². The Labute approximate surface area is 154 Å². The molecule has 1 aromatic carbocycles. The van der Waals surface area contributed by atoms with Crippen molar-refractivity contribution in [3.63, 3.8) is 0 Å². The minimum absolute atomic E-state index is 0.0274. The molecule has 0 saturated carbocycles. The van der Waals surface area contributed by atoms with E-state index in [1.807, 2.05) is 13.8 Å². The van der Waals surface area contributed by atoms with Crippen LogP contribution in [0, 0.1) is 12.8 Å². The van der Waals surface area contributed by atoms with Gasteiger partial charge in [0.1, 0.15) is 5.82 Å². The van der Waals surface area contributed by atoms with E-state index in [1.165, 1.54) is 0 Å². The number of nitrogens with zero attached hydrogens (tertiary/aromatic N) is 2. The maximum atomic E-state index is 13.2. The lowest BCUT2D eigenvalue weighted by atomic mass is 10.1. The summed E-state index contributed by atoms with van der Waals surface area (Å²) in [4.78, 5) is 7.62. The molecule has 9 heteroatoms. The highest BCUT2D eigenvalue weighted by molar-refractivity contribution is 6.33. The molecule has 0 spiro atoms. The molecule has 26 heavy (non-hydrogen) atoms. The lowest BCUT2D eigenvalue weighted by Crippen LogP contribution is -2.30. The maximum absolute atomic E-state index is 13.2. The van der Waals surface area contributed by atoms with Crippen molar-refractivity contribution in [1.82, 2.24) is 9.97 Å². The fourth-order valence-corrected chi connectivity index (χ4v) is 2.50. The standard InChI is InChI=1S/C17H20ClF3N4O/c1-9(2)12(8-26)22-16-23-13(17(19,20)21)7-14(25-16)24-15-10(3)5-4-6-11(15)18/h4-7,9,12,26H,8H2,1-3H3,(H2,22,23,24,25)/t12-/m0/s1. The molecule has 0 aliphatic heterocycles. The monoisotopic (exact) mass is 388 g/mol. The number of benzene rings is 1. The van der Waals surface area contributed by atoms with E-state index < -0.39 is 17.9 Å². The highest BCUT2D eigenvalue weighted by atomic mass is 35.5. The molecule has 0 unspecified atom stereocenters. The zero-order valence-electron chi connectivity index (χ0n) is 14.5. The molecule has 3 N–H and O–H groups in total. The molecule has 1 aromatic heterocycles. The maximum Gasteiger partial charge on any atom is 0.433 e. The van der Waals surface area contributed by atoms with E-state index in [2.05, 4.69) is 20.6 Å². The predicted octanol–water partition coefficient (Wildman–Crippen LogP) is 4.63. The van der Waals surface area contributed by atoms with Gasteiger partial charge >= 0.3 is 6.18 Å². The Morgan fingerprint density at radius 1 is 1.23 bits per heavy atom. The molecule has 142 valence electrons. The summed E-state index contributed by atoms with van der Waals surface area (Å²) in [6, 6.07) is 5.48. The number of rotatable bonds is 6. The van der Waals surface area contributed by atoms with E-state index in [1.54, 1.807) is 25.1 Å². The molecule has 2 rings (SSSR count). The molecule has 1 atom stereocenters. The Balaban J connectivity index is 2.43. The molecular formula is C17H20ClF3N4O. The van der Waals surface area contributed by atoms with Gasteiger partial charge in [0.15, 0.2) is 5.69 Å². The van der Waals surface area contributed by atoms with Crippen LogP contribution >= 0.6 is 11.6 Å². The SMILES string of the molecule is Cc1cccc(Cl)c1Nc1cc(C(F)(F)F)nc(N[C@@H](CO)C(C)C)n1. The number of aliphatic hydroxyl groups is 1. The van der Waals surface area contributed by atoms with Crippen LogP contribution in [0.1, 0.15) is 25.1 Å². The lowest BCUT2D eigenvalue weighted by molar-refractivity contribution is -0.141. The van der Waals surface area contributed by atoms with Crippen LogP contribution in [0.2, 0.25) is 5.02 Å². The normalized spacial score (nSPS) is 13.0. The molecule has 0 fully saturated rings. The second-order valence-corrected chi connectivity index (χ2v) is 6.60. The Bertz CT molecular complexity index is 748. The zero-order valence-corrected chi connectivity index (χ0v) is 15.3. The second kappa shape index (κ2) is 8.09. The van der Waals surface area contributed by atoms with Crippen LogP contribution in [-0.4, -0.2) is 27.7 Å². The molecule has 0 bridgehead atoms. The van der Waals surface area contributed by atoms with Crippen LogP contribution < -0.4 is 10.6 Å². The van der Waals surface area contributed by atoms with Crippen molar-refractivity contribution in [3.05, 3.63) is 40.5 Å². The first kappa shape index (κ1) is 20.3. The van der Waals surface area contributed by atoms with Crippen LogP contribution in [0.25, 0.3) is 0 Å². The fraction of sp³-hybridized carbons (Fsp3) is 0.412. The minimum Gasteiger partial charge on any atom is -0.394 e. The molecule has 2 aromatic rings. The largest absolute Gasteiger partial charge is 0.433 e. The average molecular weight is 389 g/mol. The van der Waals surface area contributed by atoms with E-state index in [0.717, 1.165) is 11.6 Å². The third kappa shape index (κ3) is 4.98. The highest BCUT2D eigenvalue weighted by Crippen LogP contribution is 2.33. The number of anilines is 3. The van der Waals surface area contributed by atoms with Crippen molar-refractivity contribution in [2.45, 2.75) is 33.0 Å². The molecule has 5 nitrogen and oxygen atoms in total. The molecule has 0 aliphatic carbocycles. The van der Waals surface area contributed by atoms with Crippen molar-refractivity contribution in [1.29, 1.82) is 0 Å². The Kier molecular flexibility index (Phi) is 6.30. The summed E-state index contributed by atoms with van der Waals surface area (Å²) in [7, 11) is 0. The van der Waals surface area contributed by atoms with Gasteiger partial charge in [0.25, 0.3) is 0 Å². The molecule has 0 aliphatic rings.